The van der Waals surface area contributed by atoms with Crippen molar-refractivity contribution in [1.82, 2.24) is 14.5 Å². The molecule has 5 nitrogen and oxygen atoms in total. The van der Waals surface area contributed by atoms with E-state index in [2.05, 4.69) is 71.2 Å². The Balaban J connectivity index is 1.69. The maximum atomic E-state index is 5.33. The predicted octanol–water partition coefficient (Wildman–Crippen LogP) is 5.73. The molecule has 5 heteroatoms. The van der Waals surface area contributed by atoms with E-state index >= 15 is 0 Å². The molecule has 0 spiro atoms. The van der Waals surface area contributed by atoms with E-state index in [1.54, 1.807) is 13.4 Å². The summed E-state index contributed by atoms with van der Waals surface area (Å²) >= 11 is 0. The molecule has 2 heterocycles. The Bertz CT molecular complexity index is 1330. The van der Waals surface area contributed by atoms with Gasteiger partial charge < -0.3 is 14.2 Å². The largest absolute Gasteiger partial charge is 0.497 e. The standard InChI is InChI=1S/C27H24N4O/c1-30(17-20-9-5-3-6-10-20)26-25-24(21-11-7-4-8-12-21)18-31(27(25)29-19-28-26)22-13-15-23(32-2)16-14-22/h3-16,18-19H,17H2,1-2H3. The summed E-state index contributed by atoms with van der Waals surface area (Å²) in [5.41, 5.74) is 5.37. The number of benzene rings is 3. The highest BCUT2D eigenvalue weighted by Gasteiger charge is 2.19. The molecule has 0 unspecified atom stereocenters. The van der Waals surface area contributed by atoms with Gasteiger partial charge in [-0.2, -0.15) is 0 Å². The summed E-state index contributed by atoms with van der Waals surface area (Å²) in [6, 6.07) is 28.9. The SMILES string of the molecule is COc1ccc(-n2cc(-c3ccccc3)c3c(N(C)Cc4ccccc4)ncnc32)cc1. The Morgan fingerprint density at radius 1 is 0.844 bits per heavy atom. The molecular formula is C27H24N4O. The minimum absolute atomic E-state index is 0.759. The zero-order valence-corrected chi connectivity index (χ0v) is 18.1. The molecule has 0 saturated carbocycles. The van der Waals surface area contributed by atoms with Crippen molar-refractivity contribution < 1.29 is 4.74 Å². The Morgan fingerprint density at radius 2 is 1.53 bits per heavy atom. The van der Waals surface area contributed by atoms with Gasteiger partial charge in [0.05, 0.1) is 12.5 Å². The van der Waals surface area contributed by atoms with Gasteiger partial charge in [-0.05, 0) is 35.4 Å². The first-order valence-electron chi connectivity index (χ1n) is 10.6. The van der Waals surface area contributed by atoms with Gasteiger partial charge in [0.2, 0.25) is 0 Å². The lowest BCUT2D eigenvalue weighted by Crippen LogP contribution is -2.18. The van der Waals surface area contributed by atoms with Gasteiger partial charge in [0.25, 0.3) is 0 Å². The van der Waals surface area contributed by atoms with Crippen molar-refractivity contribution in [2.45, 2.75) is 6.54 Å². The maximum Gasteiger partial charge on any atom is 0.150 e. The van der Waals surface area contributed by atoms with Crippen LogP contribution in [0.15, 0.2) is 97.5 Å². The number of methoxy groups -OCH3 is 1. The van der Waals surface area contributed by atoms with Gasteiger partial charge in [0.15, 0.2) is 5.65 Å². The molecule has 3 aromatic carbocycles. The van der Waals surface area contributed by atoms with Crippen LogP contribution < -0.4 is 9.64 Å². The molecule has 0 radical (unpaired) electrons. The Hall–Kier alpha value is -4.12. The van der Waals surface area contributed by atoms with Crippen LogP contribution in [0.25, 0.3) is 27.8 Å². The van der Waals surface area contributed by atoms with E-state index in [1.165, 1.54) is 5.56 Å². The first-order chi connectivity index (χ1) is 15.7. The summed E-state index contributed by atoms with van der Waals surface area (Å²) in [5, 5.41) is 1.04. The molecule has 0 saturated heterocycles. The molecule has 0 amide bonds. The molecule has 0 N–H and O–H groups in total. The summed E-state index contributed by atoms with van der Waals surface area (Å²) in [4.78, 5) is 11.6. The third-order valence-corrected chi connectivity index (χ3v) is 5.62. The van der Waals surface area contributed by atoms with E-state index in [0.717, 1.165) is 46.0 Å². The summed E-state index contributed by atoms with van der Waals surface area (Å²) in [7, 11) is 3.75. The number of aromatic nitrogens is 3. The van der Waals surface area contributed by atoms with Crippen LogP contribution >= 0.6 is 0 Å². The van der Waals surface area contributed by atoms with Gasteiger partial charge in [-0.1, -0.05) is 60.7 Å². The highest BCUT2D eigenvalue weighted by molar-refractivity contribution is 6.02. The third-order valence-electron chi connectivity index (χ3n) is 5.62. The Morgan fingerprint density at radius 3 is 2.22 bits per heavy atom. The fourth-order valence-corrected chi connectivity index (χ4v) is 4.04. The molecular weight excluding hydrogens is 396 g/mol. The van der Waals surface area contributed by atoms with Crippen LogP contribution in [0.1, 0.15) is 5.56 Å². The fourth-order valence-electron chi connectivity index (χ4n) is 4.04. The topological polar surface area (TPSA) is 43.2 Å². The van der Waals surface area contributed by atoms with Crippen molar-refractivity contribution in [3.05, 3.63) is 103 Å². The van der Waals surface area contributed by atoms with E-state index in [1.807, 2.05) is 36.4 Å². The lowest BCUT2D eigenvalue weighted by molar-refractivity contribution is 0.415. The third kappa shape index (κ3) is 3.69. The molecule has 5 rings (SSSR count). The van der Waals surface area contributed by atoms with Gasteiger partial charge in [0, 0.05) is 31.0 Å². The van der Waals surface area contributed by atoms with Crippen LogP contribution in [0, 0.1) is 0 Å². The van der Waals surface area contributed by atoms with Gasteiger partial charge in [-0.15, -0.1) is 0 Å². The van der Waals surface area contributed by atoms with E-state index in [9.17, 15) is 0 Å². The van der Waals surface area contributed by atoms with Crippen LogP contribution in [0.5, 0.6) is 5.75 Å². The summed E-state index contributed by atoms with van der Waals surface area (Å²) < 4.78 is 7.46. The zero-order valence-electron chi connectivity index (χ0n) is 18.1. The summed E-state index contributed by atoms with van der Waals surface area (Å²) in [6.07, 6.45) is 3.80. The first-order valence-corrected chi connectivity index (χ1v) is 10.6. The Labute approximate surface area is 187 Å². The smallest absolute Gasteiger partial charge is 0.150 e. The molecule has 158 valence electrons. The van der Waals surface area contributed by atoms with Crippen molar-refractivity contribution >= 4 is 16.9 Å². The van der Waals surface area contributed by atoms with Gasteiger partial charge >= 0.3 is 0 Å². The van der Waals surface area contributed by atoms with E-state index < -0.39 is 0 Å². The normalized spacial score (nSPS) is 10.9. The van der Waals surface area contributed by atoms with Crippen LogP contribution in [0.3, 0.4) is 0 Å². The van der Waals surface area contributed by atoms with Crippen molar-refractivity contribution in [1.29, 1.82) is 0 Å². The fraction of sp³-hybridized carbons (Fsp3) is 0.111. The number of hydrogen-bond donors (Lipinski definition) is 0. The first kappa shape index (κ1) is 19.8. The number of hydrogen-bond acceptors (Lipinski definition) is 4. The molecule has 0 bridgehead atoms. The van der Waals surface area contributed by atoms with Crippen LogP contribution in [-0.4, -0.2) is 28.7 Å². The molecule has 0 aliphatic rings. The molecule has 0 fully saturated rings. The number of nitrogens with zero attached hydrogens (tertiary/aromatic N) is 4. The van der Waals surface area contributed by atoms with Crippen molar-refractivity contribution in [2.75, 3.05) is 19.1 Å². The van der Waals surface area contributed by atoms with E-state index in [4.69, 9.17) is 14.7 Å². The zero-order chi connectivity index (χ0) is 21.9. The van der Waals surface area contributed by atoms with E-state index in [0.29, 0.717) is 0 Å². The lowest BCUT2D eigenvalue weighted by atomic mass is 10.1. The average molecular weight is 421 g/mol. The minimum Gasteiger partial charge on any atom is -0.497 e. The van der Waals surface area contributed by atoms with Crippen molar-refractivity contribution in [2.24, 2.45) is 0 Å². The summed E-state index contributed by atoms with van der Waals surface area (Å²) in [5.74, 6) is 1.73. The second-order valence-corrected chi connectivity index (χ2v) is 7.71. The van der Waals surface area contributed by atoms with Crippen molar-refractivity contribution in [3.8, 4) is 22.6 Å². The molecule has 5 aromatic rings. The van der Waals surface area contributed by atoms with Gasteiger partial charge in [0.1, 0.15) is 17.9 Å². The Kier molecular flexibility index (Phi) is 5.30. The number of fused-ring (bicyclic) bond motifs is 1. The van der Waals surface area contributed by atoms with Crippen LogP contribution in [0.2, 0.25) is 0 Å². The quantitative estimate of drug-likeness (QED) is 0.352. The minimum atomic E-state index is 0.759. The number of anilines is 1. The summed E-state index contributed by atoms with van der Waals surface area (Å²) in [6.45, 7) is 0.759. The highest BCUT2D eigenvalue weighted by Crippen LogP contribution is 2.36. The number of ether oxygens (including phenoxy) is 1. The second kappa shape index (κ2) is 8.55. The molecule has 0 aliphatic carbocycles. The monoisotopic (exact) mass is 420 g/mol. The van der Waals surface area contributed by atoms with Crippen LogP contribution in [-0.2, 0) is 6.54 Å². The maximum absolute atomic E-state index is 5.33. The molecule has 2 aromatic heterocycles. The van der Waals surface area contributed by atoms with Crippen LogP contribution in [0.4, 0.5) is 5.82 Å². The number of rotatable bonds is 6. The molecule has 0 atom stereocenters. The van der Waals surface area contributed by atoms with Gasteiger partial charge in [-0.25, -0.2) is 9.97 Å². The highest BCUT2D eigenvalue weighted by atomic mass is 16.5. The molecule has 32 heavy (non-hydrogen) atoms. The average Bonchev–Trinajstić information content (AvgIpc) is 3.25. The lowest BCUT2D eigenvalue weighted by Gasteiger charge is -2.19. The van der Waals surface area contributed by atoms with Gasteiger partial charge in [-0.3, -0.25) is 0 Å². The van der Waals surface area contributed by atoms with E-state index in [-0.39, 0.29) is 0 Å². The second-order valence-electron chi connectivity index (χ2n) is 7.71. The molecule has 0 aliphatic heterocycles. The van der Waals surface area contributed by atoms with Crippen molar-refractivity contribution in [3.63, 3.8) is 0 Å². The predicted molar refractivity (Wildman–Crippen MR) is 129 cm³/mol.